The molecule has 1 aromatic carbocycles. The first-order valence-electron chi connectivity index (χ1n) is 3.91. The van der Waals surface area contributed by atoms with Crippen LogP contribution in [0.2, 0.25) is 10.0 Å². The zero-order valence-electron chi connectivity index (χ0n) is 7.57. The number of ether oxygens (including phenoxy) is 1. The standard InChI is InChI=1S/C9H7Cl2NO3/c1-2-15-5-6-3-7(10)8(11)4-9(6)12(13)14/h2-4H,1,5H2. The Balaban J connectivity index is 3.15. The lowest BCUT2D eigenvalue weighted by atomic mass is 10.2. The Morgan fingerprint density at radius 2 is 2.07 bits per heavy atom. The van der Waals surface area contributed by atoms with Crippen molar-refractivity contribution in [3.05, 3.63) is 50.7 Å². The zero-order chi connectivity index (χ0) is 11.4. The van der Waals surface area contributed by atoms with Crippen molar-refractivity contribution in [2.24, 2.45) is 0 Å². The van der Waals surface area contributed by atoms with Crippen molar-refractivity contribution in [1.29, 1.82) is 0 Å². The van der Waals surface area contributed by atoms with Gasteiger partial charge >= 0.3 is 0 Å². The van der Waals surface area contributed by atoms with Crippen molar-refractivity contribution in [2.45, 2.75) is 6.61 Å². The minimum atomic E-state index is -0.538. The van der Waals surface area contributed by atoms with Gasteiger partial charge in [-0.2, -0.15) is 0 Å². The van der Waals surface area contributed by atoms with E-state index in [-0.39, 0.29) is 22.3 Å². The maximum atomic E-state index is 10.7. The largest absolute Gasteiger partial charge is 0.497 e. The number of nitro benzene ring substituents is 1. The van der Waals surface area contributed by atoms with E-state index in [1.165, 1.54) is 18.4 Å². The third-order valence-corrected chi connectivity index (χ3v) is 2.40. The van der Waals surface area contributed by atoms with E-state index in [0.29, 0.717) is 5.56 Å². The Labute approximate surface area is 96.2 Å². The molecule has 80 valence electrons. The van der Waals surface area contributed by atoms with Crippen molar-refractivity contribution in [1.82, 2.24) is 0 Å². The smallest absolute Gasteiger partial charge is 0.277 e. The van der Waals surface area contributed by atoms with Gasteiger partial charge in [0.2, 0.25) is 0 Å². The summed E-state index contributed by atoms with van der Waals surface area (Å²) in [7, 11) is 0. The number of hydrogen-bond acceptors (Lipinski definition) is 3. The molecule has 0 heterocycles. The second-order valence-corrected chi connectivity index (χ2v) is 3.44. The zero-order valence-corrected chi connectivity index (χ0v) is 9.09. The van der Waals surface area contributed by atoms with Gasteiger partial charge in [0.1, 0.15) is 6.61 Å². The van der Waals surface area contributed by atoms with Crippen molar-refractivity contribution in [3.63, 3.8) is 0 Å². The summed E-state index contributed by atoms with van der Waals surface area (Å²) in [6.45, 7) is 3.38. The number of nitrogens with zero attached hydrogens (tertiary/aromatic N) is 1. The van der Waals surface area contributed by atoms with Crippen LogP contribution in [-0.4, -0.2) is 4.92 Å². The van der Waals surface area contributed by atoms with Crippen molar-refractivity contribution in [3.8, 4) is 0 Å². The lowest BCUT2D eigenvalue weighted by Crippen LogP contribution is -1.96. The first kappa shape index (κ1) is 11.8. The van der Waals surface area contributed by atoms with Gasteiger partial charge in [0.15, 0.2) is 0 Å². The van der Waals surface area contributed by atoms with Crippen molar-refractivity contribution in [2.75, 3.05) is 0 Å². The van der Waals surface area contributed by atoms with E-state index in [4.69, 9.17) is 27.9 Å². The summed E-state index contributed by atoms with van der Waals surface area (Å²) in [5.74, 6) is 0. The van der Waals surface area contributed by atoms with Gasteiger partial charge in [-0.3, -0.25) is 10.1 Å². The Hall–Kier alpha value is -1.26. The van der Waals surface area contributed by atoms with Crippen LogP contribution in [0.15, 0.2) is 25.0 Å². The molecule has 0 N–H and O–H groups in total. The van der Waals surface area contributed by atoms with E-state index in [2.05, 4.69) is 6.58 Å². The molecule has 1 rings (SSSR count). The molecule has 0 saturated heterocycles. The number of benzene rings is 1. The van der Waals surface area contributed by atoms with E-state index in [9.17, 15) is 10.1 Å². The van der Waals surface area contributed by atoms with Crippen LogP contribution in [0.5, 0.6) is 0 Å². The number of nitro groups is 1. The van der Waals surface area contributed by atoms with Crippen LogP contribution in [0, 0.1) is 10.1 Å². The van der Waals surface area contributed by atoms with Crippen LogP contribution in [-0.2, 0) is 11.3 Å². The highest BCUT2D eigenvalue weighted by atomic mass is 35.5. The van der Waals surface area contributed by atoms with Gasteiger partial charge < -0.3 is 4.74 Å². The van der Waals surface area contributed by atoms with E-state index in [1.807, 2.05) is 0 Å². The molecule has 15 heavy (non-hydrogen) atoms. The molecule has 0 bridgehead atoms. The highest BCUT2D eigenvalue weighted by molar-refractivity contribution is 6.42. The molecule has 0 unspecified atom stereocenters. The summed E-state index contributed by atoms with van der Waals surface area (Å²) in [5, 5.41) is 11.1. The third kappa shape index (κ3) is 2.84. The van der Waals surface area contributed by atoms with Crippen LogP contribution in [0.4, 0.5) is 5.69 Å². The maximum Gasteiger partial charge on any atom is 0.277 e. The number of hydrogen-bond donors (Lipinski definition) is 0. The Kier molecular flexibility index (Phi) is 3.94. The second-order valence-electron chi connectivity index (χ2n) is 2.63. The molecule has 0 aliphatic carbocycles. The highest BCUT2D eigenvalue weighted by Gasteiger charge is 2.16. The van der Waals surface area contributed by atoms with Gasteiger partial charge in [0.05, 0.1) is 26.8 Å². The molecule has 0 saturated carbocycles. The Bertz CT molecular complexity index is 407. The molecule has 0 amide bonds. The Morgan fingerprint density at radius 3 is 2.60 bits per heavy atom. The van der Waals surface area contributed by atoms with Gasteiger partial charge in [-0.1, -0.05) is 29.8 Å². The van der Waals surface area contributed by atoms with Gasteiger partial charge in [0, 0.05) is 6.07 Å². The predicted octanol–water partition coefficient (Wildman–Crippen LogP) is 3.56. The first-order chi connectivity index (χ1) is 7.06. The Morgan fingerprint density at radius 1 is 1.47 bits per heavy atom. The van der Waals surface area contributed by atoms with Gasteiger partial charge in [0.25, 0.3) is 5.69 Å². The van der Waals surface area contributed by atoms with Gasteiger partial charge in [-0.25, -0.2) is 0 Å². The summed E-state index contributed by atoms with van der Waals surface area (Å²) < 4.78 is 4.86. The molecule has 0 aliphatic heterocycles. The van der Waals surface area contributed by atoms with Crippen LogP contribution in [0.3, 0.4) is 0 Å². The second kappa shape index (κ2) is 5.00. The van der Waals surface area contributed by atoms with E-state index >= 15 is 0 Å². The highest BCUT2D eigenvalue weighted by Crippen LogP contribution is 2.30. The van der Waals surface area contributed by atoms with Gasteiger partial charge in [-0.15, -0.1) is 0 Å². The summed E-state index contributed by atoms with van der Waals surface area (Å²) >= 11 is 11.4. The lowest BCUT2D eigenvalue weighted by Gasteiger charge is -2.04. The summed E-state index contributed by atoms with van der Waals surface area (Å²) in [5.41, 5.74) is 0.237. The van der Waals surface area contributed by atoms with E-state index in [1.54, 1.807) is 0 Å². The predicted molar refractivity (Wildman–Crippen MR) is 58.1 cm³/mol. The molecular formula is C9H7Cl2NO3. The molecule has 0 atom stereocenters. The normalized spacial score (nSPS) is 9.73. The number of rotatable bonds is 4. The van der Waals surface area contributed by atoms with Crippen LogP contribution in [0.1, 0.15) is 5.56 Å². The fourth-order valence-electron chi connectivity index (χ4n) is 1.01. The van der Waals surface area contributed by atoms with E-state index in [0.717, 1.165) is 0 Å². The molecule has 0 aliphatic rings. The maximum absolute atomic E-state index is 10.7. The summed E-state index contributed by atoms with van der Waals surface area (Å²) in [4.78, 5) is 10.1. The summed E-state index contributed by atoms with van der Waals surface area (Å²) in [6, 6.07) is 2.61. The molecular weight excluding hydrogens is 241 g/mol. The minimum absolute atomic E-state index is 0.0384. The quantitative estimate of drug-likeness (QED) is 0.465. The van der Waals surface area contributed by atoms with E-state index < -0.39 is 4.92 Å². The number of halogens is 2. The third-order valence-electron chi connectivity index (χ3n) is 1.67. The molecule has 4 nitrogen and oxygen atoms in total. The molecule has 0 radical (unpaired) electrons. The molecule has 0 aromatic heterocycles. The lowest BCUT2D eigenvalue weighted by molar-refractivity contribution is -0.385. The van der Waals surface area contributed by atoms with Crippen LogP contribution in [0.25, 0.3) is 0 Å². The topological polar surface area (TPSA) is 52.4 Å². The minimum Gasteiger partial charge on any atom is -0.497 e. The molecule has 0 spiro atoms. The first-order valence-corrected chi connectivity index (χ1v) is 4.66. The molecule has 0 fully saturated rings. The van der Waals surface area contributed by atoms with Crippen LogP contribution < -0.4 is 0 Å². The fraction of sp³-hybridized carbons (Fsp3) is 0.111. The molecule has 1 aromatic rings. The molecule has 6 heteroatoms. The SMILES string of the molecule is C=COCc1cc(Cl)c(Cl)cc1[N+](=O)[O-]. The van der Waals surface area contributed by atoms with Crippen molar-refractivity contribution >= 4 is 28.9 Å². The monoisotopic (exact) mass is 247 g/mol. The average Bonchev–Trinajstić information content (AvgIpc) is 2.19. The fourth-order valence-corrected chi connectivity index (χ4v) is 1.36. The van der Waals surface area contributed by atoms with Crippen molar-refractivity contribution < 1.29 is 9.66 Å². The summed E-state index contributed by atoms with van der Waals surface area (Å²) in [6.07, 6.45) is 1.20. The van der Waals surface area contributed by atoms with Crippen LogP contribution >= 0.6 is 23.2 Å². The van der Waals surface area contributed by atoms with Gasteiger partial charge in [-0.05, 0) is 6.07 Å². The average molecular weight is 248 g/mol.